The first-order valence-electron chi connectivity index (χ1n) is 1.57. The number of rotatable bonds is 0. The third-order valence-corrected chi connectivity index (χ3v) is 0. The van der Waals surface area contributed by atoms with Crippen molar-refractivity contribution in [1.82, 2.24) is 0 Å². The van der Waals surface area contributed by atoms with Crippen LogP contribution in [0.5, 0.6) is 0 Å². The average molecular weight is 260 g/mol. The van der Waals surface area contributed by atoms with Crippen molar-refractivity contribution in [1.29, 1.82) is 0 Å². The molecule has 96 valence electrons. The molecule has 0 saturated heterocycles. The van der Waals surface area contributed by atoms with E-state index in [0.717, 1.165) is 0 Å². The van der Waals surface area contributed by atoms with Crippen LogP contribution in [-0.2, 0) is 9.13 Å². The third kappa shape index (κ3) is 31800. The Labute approximate surface area is 84.7 Å². The second-order valence-electron chi connectivity index (χ2n) is 1.03. The molecule has 0 amide bonds. The Kier molecular flexibility index (Phi) is 34.7. The van der Waals surface area contributed by atoms with Crippen LogP contribution in [0.15, 0.2) is 0 Å². The summed E-state index contributed by atoms with van der Waals surface area (Å²) in [7, 11) is -9.28. The summed E-state index contributed by atoms with van der Waals surface area (Å²) in [6.45, 7) is 0. The quantitative estimate of drug-likeness (QED) is 0.347. The summed E-state index contributed by atoms with van der Waals surface area (Å²) >= 11 is 0. The molecule has 0 aromatic heterocycles. The van der Waals surface area contributed by atoms with Crippen molar-refractivity contribution in [2.24, 2.45) is 0 Å². The van der Waals surface area contributed by atoms with E-state index >= 15 is 0 Å². The molecule has 0 atom stereocenters. The molecule has 0 rings (SSSR count). The lowest BCUT2D eigenvalue weighted by Crippen LogP contribution is -1.66. The highest BCUT2D eigenvalue weighted by atomic mass is 31.2. The fourth-order valence-electron chi connectivity index (χ4n) is 0. The minimum atomic E-state index is -4.64. The van der Waals surface area contributed by atoms with Crippen LogP contribution in [0.2, 0.25) is 0 Å². The first kappa shape index (κ1) is 36.8. The number of phosphoric acid groups is 2. The molecule has 0 bridgehead atoms. The fourth-order valence-corrected chi connectivity index (χ4v) is 0. The van der Waals surface area contributed by atoms with Gasteiger partial charge in [0.05, 0.1) is 0 Å². The van der Waals surface area contributed by atoms with Gasteiger partial charge in [-0.1, -0.05) is 29.7 Å². The van der Waals surface area contributed by atoms with Crippen LogP contribution < -0.4 is 0 Å². The van der Waals surface area contributed by atoms with Crippen LogP contribution in [0.25, 0.3) is 0 Å². The molecule has 0 heterocycles. The van der Waals surface area contributed by atoms with Crippen molar-refractivity contribution in [2.45, 2.75) is 29.7 Å². The monoisotopic (exact) mass is 260 g/mol. The van der Waals surface area contributed by atoms with E-state index in [-0.39, 0.29) is 29.7 Å². The topological polar surface area (TPSA) is 156 Å². The van der Waals surface area contributed by atoms with Gasteiger partial charge in [0.25, 0.3) is 0 Å². The van der Waals surface area contributed by atoms with Gasteiger partial charge in [0, 0.05) is 0 Å². The molecular formula is C4H22O8P2. The van der Waals surface area contributed by atoms with E-state index < -0.39 is 15.6 Å². The van der Waals surface area contributed by atoms with E-state index in [1.165, 1.54) is 0 Å². The second-order valence-corrected chi connectivity index (χ2v) is 3.08. The maximum atomic E-state index is 8.88. The van der Waals surface area contributed by atoms with E-state index in [4.69, 9.17) is 38.5 Å². The molecule has 0 aromatic rings. The van der Waals surface area contributed by atoms with Crippen molar-refractivity contribution < 1.29 is 38.5 Å². The molecule has 0 saturated carbocycles. The minimum Gasteiger partial charge on any atom is -0.303 e. The van der Waals surface area contributed by atoms with Gasteiger partial charge >= 0.3 is 15.6 Å². The molecule has 0 aliphatic heterocycles. The summed E-state index contributed by atoms with van der Waals surface area (Å²) in [4.78, 5) is 43.1. The fraction of sp³-hybridized carbons (Fsp3) is 1.00. The Morgan fingerprint density at radius 2 is 0.500 bits per heavy atom. The summed E-state index contributed by atoms with van der Waals surface area (Å²) in [6, 6.07) is 0. The van der Waals surface area contributed by atoms with Crippen LogP contribution in [0.3, 0.4) is 0 Å². The highest BCUT2D eigenvalue weighted by Crippen LogP contribution is 2.26. The zero-order chi connectivity index (χ0) is 9.00. The molecular weight excluding hydrogens is 238 g/mol. The van der Waals surface area contributed by atoms with Crippen LogP contribution in [0.4, 0.5) is 0 Å². The molecule has 0 aliphatic rings. The Morgan fingerprint density at radius 3 is 0.500 bits per heavy atom. The summed E-state index contributed by atoms with van der Waals surface area (Å²) in [5.41, 5.74) is 0. The van der Waals surface area contributed by atoms with Gasteiger partial charge in [-0.05, 0) is 0 Å². The van der Waals surface area contributed by atoms with E-state index in [0.29, 0.717) is 0 Å². The van der Waals surface area contributed by atoms with Gasteiger partial charge in [0.2, 0.25) is 0 Å². The maximum Gasteiger partial charge on any atom is 0.466 e. The molecule has 0 aromatic carbocycles. The molecule has 0 unspecified atom stereocenters. The zero-order valence-electron chi connectivity index (χ0n) is 4.39. The van der Waals surface area contributed by atoms with Gasteiger partial charge in [-0.3, -0.25) is 0 Å². The highest BCUT2D eigenvalue weighted by molar-refractivity contribution is 7.45. The zero-order valence-corrected chi connectivity index (χ0v) is 6.18. The SMILES string of the molecule is C.C.C.C.O=P(O)(O)O.O=P(O)(O)O. The average Bonchev–Trinajstić information content (AvgIpc) is 1.12. The van der Waals surface area contributed by atoms with Crippen LogP contribution in [-0.4, -0.2) is 29.4 Å². The van der Waals surface area contributed by atoms with Crippen LogP contribution in [0.1, 0.15) is 29.7 Å². The Balaban J connectivity index is -0.0000000178. The molecule has 8 nitrogen and oxygen atoms in total. The lowest BCUT2D eigenvalue weighted by atomic mass is 12.0. The van der Waals surface area contributed by atoms with Crippen molar-refractivity contribution >= 4 is 15.6 Å². The van der Waals surface area contributed by atoms with E-state index in [9.17, 15) is 0 Å². The Bertz CT molecular complexity index is 132. The van der Waals surface area contributed by atoms with Crippen molar-refractivity contribution in [3.8, 4) is 0 Å². The summed E-state index contributed by atoms with van der Waals surface area (Å²) in [5, 5.41) is 0. The van der Waals surface area contributed by atoms with Crippen molar-refractivity contribution in [2.75, 3.05) is 0 Å². The Morgan fingerprint density at radius 1 is 0.500 bits per heavy atom. The molecule has 0 aliphatic carbocycles. The highest BCUT2D eigenvalue weighted by Gasteiger charge is 2.00. The molecule has 10 heteroatoms. The van der Waals surface area contributed by atoms with Crippen molar-refractivity contribution in [3.63, 3.8) is 0 Å². The second kappa shape index (κ2) is 13.2. The maximum absolute atomic E-state index is 8.88. The lowest BCUT2D eigenvalue weighted by Gasteiger charge is -1.82. The normalized spacial score (nSPS) is 8.43. The minimum absolute atomic E-state index is 0. The van der Waals surface area contributed by atoms with Crippen LogP contribution in [0, 0.1) is 0 Å². The van der Waals surface area contributed by atoms with Crippen molar-refractivity contribution in [3.05, 3.63) is 0 Å². The van der Waals surface area contributed by atoms with Gasteiger partial charge in [-0.15, -0.1) is 0 Å². The summed E-state index contributed by atoms with van der Waals surface area (Å²) < 4.78 is 17.8. The van der Waals surface area contributed by atoms with E-state index in [1.807, 2.05) is 0 Å². The molecule has 0 spiro atoms. The van der Waals surface area contributed by atoms with Gasteiger partial charge < -0.3 is 29.4 Å². The Hall–Kier alpha value is 0.220. The lowest BCUT2D eigenvalue weighted by molar-refractivity contribution is 0.272. The first-order valence-corrected chi connectivity index (χ1v) is 4.70. The van der Waals surface area contributed by atoms with Gasteiger partial charge in [0.15, 0.2) is 0 Å². The predicted molar refractivity (Wildman–Crippen MR) is 55.4 cm³/mol. The smallest absolute Gasteiger partial charge is 0.303 e. The summed E-state index contributed by atoms with van der Waals surface area (Å²) in [6.07, 6.45) is 0. The van der Waals surface area contributed by atoms with Gasteiger partial charge in [-0.25, -0.2) is 9.13 Å². The largest absolute Gasteiger partial charge is 0.466 e. The van der Waals surface area contributed by atoms with Gasteiger partial charge in [0.1, 0.15) is 0 Å². The molecule has 14 heavy (non-hydrogen) atoms. The number of hydrogen-bond donors (Lipinski definition) is 6. The van der Waals surface area contributed by atoms with Crippen LogP contribution >= 0.6 is 15.6 Å². The molecule has 6 N–H and O–H groups in total. The predicted octanol–water partition coefficient (Wildman–Crippen LogP) is 0.687. The molecule has 0 fully saturated rings. The molecule has 0 radical (unpaired) electrons. The third-order valence-electron chi connectivity index (χ3n) is 0. The summed E-state index contributed by atoms with van der Waals surface area (Å²) in [5.74, 6) is 0. The standard InChI is InChI=1S/4CH4.2H3O4P/c;;;;2*1-5(2,3)4/h4*1H4;2*(H3,1,2,3,4). The first-order chi connectivity index (χ1) is 4.00. The van der Waals surface area contributed by atoms with E-state index in [2.05, 4.69) is 0 Å². The van der Waals surface area contributed by atoms with Gasteiger partial charge in [-0.2, -0.15) is 0 Å². The van der Waals surface area contributed by atoms with E-state index in [1.54, 1.807) is 0 Å². The number of hydrogen-bond acceptors (Lipinski definition) is 2.